The molecule has 5 aliphatic heterocycles. The minimum absolute atomic E-state index is 0.0922. The molecule has 0 aromatic heterocycles. The van der Waals surface area contributed by atoms with Gasteiger partial charge in [0.25, 0.3) is 0 Å². The SMILES string of the molecule is CCc1ccc(C2C(C3(Nc4ccccc4)CO3)=C(C)N=C3S/C(=C\C4=CN(Cc5ccccc5)C5C=CC=CC45)C4(CO4)N32)cc1. The van der Waals surface area contributed by atoms with E-state index in [9.17, 15) is 0 Å². The third-order valence-electron chi connectivity index (χ3n) is 10.2. The monoisotopic (exact) mass is 638 g/mol. The number of benzene rings is 3. The second-order valence-corrected chi connectivity index (χ2v) is 14.1. The number of epoxide rings is 2. The number of aryl methyl sites for hydroxylation is 1. The predicted molar refractivity (Wildman–Crippen MR) is 189 cm³/mol. The second-order valence-electron chi connectivity index (χ2n) is 13.1. The Balaban J connectivity index is 1.10. The summed E-state index contributed by atoms with van der Waals surface area (Å²) in [5, 5.41) is 4.73. The van der Waals surface area contributed by atoms with Crippen molar-refractivity contribution < 1.29 is 9.47 Å². The van der Waals surface area contributed by atoms with Gasteiger partial charge < -0.3 is 24.6 Å². The molecule has 7 heteroatoms. The summed E-state index contributed by atoms with van der Waals surface area (Å²) in [6.07, 6.45) is 14.8. The molecule has 0 radical (unpaired) electrons. The van der Waals surface area contributed by atoms with Gasteiger partial charge in [0.1, 0.15) is 13.2 Å². The number of nitrogens with one attached hydrogen (secondary N) is 1. The zero-order chi connectivity index (χ0) is 31.6. The van der Waals surface area contributed by atoms with Gasteiger partial charge >= 0.3 is 0 Å². The summed E-state index contributed by atoms with van der Waals surface area (Å²) < 4.78 is 12.9. The highest BCUT2D eigenvalue weighted by atomic mass is 32.2. The highest BCUT2D eigenvalue weighted by Gasteiger charge is 2.66. The number of rotatable bonds is 8. The summed E-state index contributed by atoms with van der Waals surface area (Å²) in [5.74, 6) is 0.290. The first-order valence-corrected chi connectivity index (χ1v) is 17.4. The van der Waals surface area contributed by atoms with Crippen LogP contribution in [-0.4, -0.2) is 45.7 Å². The zero-order valence-corrected chi connectivity index (χ0v) is 27.5. The number of hydrogen-bond acceptors (Lipinski definition) is 7. The number of amidine groups is 1. The molecule has 3 aromatic rings. The summed E-state index contributed by atoms with van der Waals surface area (Å²) in [7, 11) is 0. The van der Waals surface area contributed by atoms with Crippen molar-refractivity contribution in [3.05, 3.63) is 160 Å². The number of ether oxygens (including phenoxy) is 2. The lowest BCUT2D eigenvalue weighted by molar-refractivity contribution is 0.156. The van der Waals surface area contributed by atoms with E-state index in [0.717, 1.165) is 35.1 Å². The maximum atomic E-state index is 6.54. The van der Waals surface area contributed by atoms with E-state index in [1.54, 1.807) is 11.8 Å². The second kappa shape index (κ2) is 11.2. The molecule has 1 spiro atoms. The lowest BCUT2D eigenvalue weighted by Crippen LogP contribution is -2.46. The third kappa shape index (κ3) is 4.91. The van der Waals surface area contributed by atoms with Crippen LogP contribution in [0.4, 0.5) is 5.69 Å². The van der Waals surface area contributed by atoms with Crippen molar-refractivity contribution in [1.82, 2.24) is 9.80 Å². The van der Waals surface area contributed by atoms with Gasteiger partial charge in [-0.1, -0.05) is 116 Å². The van der Waals surface area contributed by atoms with E-state index >= 15 is 0 Å². The lowest BCUT2D eigenvalue weighted by Gasteiger charge is -2.40. The normalized spacial score (nSPS) is 30.9. The first kappa shape index (κ1) is 28.9. The van der Waals surface area contributed by atoms with Gasteiger partial charge in [0.2, 0.25) is 0 Å². The van der Waals surface area contributed by atoms with Gasteiger partial charge in [0.15, 0.2) is 16.6 Å². The quantitative estimate of drug-likeness (QED) is 0.253. The fourth-order valence-electron chi connectivity index (χ4n) is 7.62. The molecule has 5 heterocycles. The van der Waals surface area contributed by atoms with Crippen LogP contribution in [0.3, 0.4) is 0 Å². The van der Waals surface area contributed by atoms with E-state index in [2.05, 4.69) is 144 Å². The van der Waals surface area contributed by atoms with Gasteiger partial charge in [-0.25, -0.2) is 4.99 Å². The number of hydrogen-bond donors (Lipinski definition) is 1. The van der Waals surface area contributed by atoms with Crippen molar-refractivity contribution in [3.63, 3.8) is 0 Å². The van der Waals surface area contributed by atoms with Gasteiger partial charge in [-0.3, -0.25) is 0 Å². The number of fused-ring (bicyclic) bond motifs is 3. The summed E-state index contributed by atoms with van der Waals surface area (Å²) in [5.41, 5.74) is 7.18. The molecule has 6 nitrogen and oxygen atoms in total. The molecule has 1 aliphatic carbocycles. The molecule has 6 aliphatic rings. The standard InChI is InChI=1S/C40H38N4O2S/c1-3-28-18-20-30(21-19-28)37-36(39(25-45-39)42-32-14-8-5-9-15-32)27(2)41-38-44(37)40(26-46-40)35(47-38)22-31-24-43(23-29-12-6-4-7-13-29)34-17-11-10-16-33(31)34/h4-22,24,33-34,37,42H,3,23,25-26H2,1-2H3/b35-22-. The summed E-state index contributed by atoms with van der Waals surface area (Å²) in [6.45, 7) is 6.43. The van der Waals surface area contributed by atoms with Gasteiger partial charge in [0, 0.05) is 40.5 Å². The largest absolute Gasteiger partial charge is 0.366 e. The molecule has 0 saturated carbocycles. The van der Waals surface area contributed by atoms with Crippen molar-refractivity contribution in [3.8, 4) is 0 Å². The Morgan fingerprint density at radius 1 is 0.915 bits per heavy atom. The molecule has 236 valence electrons. The lowest BCUT2D eigenvalue weighted by atomic mass is 9.87. The van der Waals surface area contributed by atoms with Crippen LogP contribution in [-0.2, 0) is 22.4 Å². The molecule has 1 N–H and O–H groups in total. The van der Waals surface area contributed by atoms with Crippen molar-refractivity contribution in [2.75, 3.05) is 18.5 Å². The number of thioether (sulfide) groups is 1. The van der Waals surface area contributed by atoms with Crippen LogP contribution in [0.15, 0.2) is 148 Å². The first-order valence-electron chi connectivity index (χ1n) is 16.6. The molecular weight excluding hydrogens is 601 g/mol. The first-order chi connectivity index (χ1) is 23.1. The van der Waals surface area contributed by atoms with E-state index in [4.69, 9.17) is 14.5 Å². The number of para-hydroxylation sites is 1. The number of allylic oxidation sites excluding steroid dienone is 4. The van der Waals surface area contributed by atoms with E-state index in [0.29, 0.717) is 19.3 Å². The molecule has 9 rings (SSSR count). The molecular formula is C40H38N4O2S. The predicted octanol–water partition coefficient (Wildman–Crippen LogP) is 7.94. The van der Waals surface area contributed by atoms with Crippen LogP contribution in [0.1, 0.15) is 36.6 Å². The molecule has 47 heavy (non-hydrogen) atoms. The van der Waals surface area contributed by atoms with Crippen LogP contribution in [0.25, 0.3) is 0 Å². The fourth-order valence-corrected chi connectivity index (χ4v) is 8.92. The van der Waals surface area contributed by atoms with Crippen LogP contribution in [0.2, 0.25) is 0 Å². The van der Waals surface area contributed by atoms with Crippen molar-refractivity contribution in [2.45, 2.75) is 50.3 Å². The summed E-state index contributed by atoms with van der Waals surface area (Å²) in [4.78, 5) is 11.4. The van der Waals surface area contributed by atoms with E-state index in [-0.39, 0.29) is 12.0 Å². The van der Waals surface area contributed by atoms with Gasteiger partial charge in [-0.2, -0.15) is 0 Å². The maximum Gasteiger partial charge on any atom is 0.200 e. The Kier molecular flexibility index (Phi) is 6.85. The van der Waals surface area contributed by atoms with Gasteiger partial charge in [-0.05, 0) is 53.8 Å². The smallest absolute Gasteiger partial charge is 0.200 e. The Morgan fingerprint density at radius 2 is 1.64 bits per heavy atom. The van der Waals surface area contributed by atoms with Crippen LogP contribution in [0.5, 0.6) is 0 Å². The Morgan fingerprint density at radius 3 is 2.34 bits per heavy atom. The topological polar surface area (TPSA) is 55.9 Å². The minimum atomic E-state index is -0.625. The zero-order valence-electron chi connectivity index (χ0n) is 26.7. The highest BCUT2D eigenvalue weighted by molar-refractivity contribution is 8.17. The van der Waals surface area contributed by atoms with E-state index in [1.165, 1.54) is 27.2 Å². The van der Waals surface area contributed by atoms with Crippen LogP contribution >= 0.6 is 11.8 Å². The molecule has 3 aromatic carbocycles. The molecule has 0 amide bonds. The van der Waals surface area contributed by atoms with Crippen molar-refractivity contribution in [2.24, 2.45) is 10.9 Å². The van der Waals surface area contributed by atoms with Gasteiger partial charge in [-0.15, -0.1) is 0 Å². The fraction of sp³-hybridized carbons (Fsp3) is 0.275. The van der Waals surface area contributed by atoms with Crippen LogP contribution in [0, 0.1) is 5.92 Å². The van der Waals surface area contributed by atoms with E-state index < -0.39 is 11.4 Å². The molecule has 5 atom stereocenters. The number of anilines is 1. The van der Waals surface area contributed by atoms with E-state index in [1.807, 2.05) is 6.07 Å². The average molecular weight is 639 g/mol. The molecule has 0 bridgehead atoms. The molecule has 3 fully saturated rings. The molecule has 3 saturated heterocycles. The molecule has 5 unspecified atom stereocenters. The summed E-state index contributed by atoms with van der Waals surface area (Å²) >= 11 is 1.76. The van der Waals surface area contributed by atoms with Gasteiger partial charge in [0.05, 0.1) is 12.1 Å². The maximum absolute atomic E-state index is 6.54. The Bertz CT molecular complexity index is 1880. The number of aliphatic imine (C=N–C) groups is 1. The van der Waals surface area contributed by atoms with Crippen molar-refractivity contribution >= 4 is 22.6 Å². The van der Waals surface area contributed by atoms with Crippen LogP contribution < -0.4 is 5.32 Å². The summed E-state index contributed by atoms with van der Waals surface area (Å²) in [6, 6.07) is 30.4. The minimum Gasteiger partial charge on any atom is -0.366 e. The number of nitrogens with zero attached hydrogens (tertiary/aromatic N) is 3. The Labute approximate surface area is 280 Å². The third-order valence-corrected chi connectivity index (χ3v) is 11.3. The van der Waals surface area contributed by atoms with Crippen molar-refractivity contribution in [1.29, 1.82) is 0 Å². The Hall–Kier alpha value is -4.30. The average Bonchev–Trinajstić information content (AvgIpc) is 4.02. The highest BCUT2D eigenvalue weighted by Crippen LogP contribution is 2.61.